The smallest absolute Gasteiger partial charge is 0.321 e. The predicted octanol–water partition coefficient (Wildman–Crippen LogP) is 1.43. The minimum Gasteiger partial charge on any atom is -0.480 e. The van der Waals surface area contributed by atoms with Gasteiger partial charge in [0, 0.05) is 0 Å². The zero-order chi connectivity index (χ0) is 11.3. The lowest BCUT2D eigenvalue weighted by Crippen LogP contribution is -2.38. The van der Waals surface area contributed by atoms with Crippen molar-refractivity contribution in [3.63, 3.8) is 0 Å². The molecule has 1 aromatic rings. The van der Waals surface area contributed by atoms with E-state index in [9.17, 15) is 9.18 Å². The molecule has 1 unspecified atom stereocenters. The first-order valence-corrected chi connectivity index (χ1v) is 4.84. The van der Waals surface area contributed by atoms with E-state index in [1.54, 1.807) is 12.1 Å². The molecule has 0 saturated heterocycles. The molecule has 0 bridgehead atoms. The molecule has 0 radical (unpaired) electrons. The van der Waals surface area contributed by atoms with Gasteiger partial charge in [-0.1, -0.05) is 19.1 Å². The number of rotatable bonds is 5. The molecule has 0 amide bonds. The van der Waals surface area contributed by atoms with E-state index in [1.807, 2.05) is 6.92 Å². The summed E-state index contributed by atoms with van der Waals surface area (Å²) in [7, 11) is 0. The first kappa shape index (κ1) is 11.7. The standard InChI is InChI=1S/C11H14FNO2/c1-2-13-10(11(14)15)7-8-4-3-5-9(12)6-8/h3-6,10,13H,2,7H2,1H3,(H,14,15). The molecule has 82 valence electrons. The van der Waals surface area contributed by atoms with Gasteiger partial charge in [-0.15, -0.1) is 0 Å². The Balaban J connectivity index is 2.69. The van der Waals surface area contributed by atoms with Crippen molar-refractivity contribution in [2.75, 3.05) is 6.54 Å². The monoisotopic (exact) mass is 211 g/mol. The van der Waals surface area contributed by atoms with Crippen molar-refractivity contribution in [1.82, 2.24) is 5.32 Å². The molecule has 0 fully saturated rings. The molecule has 0 aliphatic rings. The maximum Gasteiger partial charge on any atom is 0.321 e. The SMILES string of the molecule is CCNC(Cc1cccc(F)c1)C(=O)O. The lowest BCUT2D eigenvalue weighted by molar-refractivity contribution is -0.139. The fourth-order valence-electron chi connectivity index (χ4n) is 1.39. The minimum absolute atomic E-state index is 0.293. The number of carboxylic acids is 1. The summed E-state index contributed by atoms with van der Waals surface area (Å²) in [6.45, 7) is 2.41. The van der Waals surface area contributed by atoms with Crippen LogP contribution in [0.25, 0.3) is 0 Å². The van der Waals surface area contributed by atoms with Crippen molar-refractivity contribution in [1.29, 1.82) is 0 Å². The zero-order valence-electron chi connectivity index (χ0n) is 8.53. The van der Waals surface area contributed by atoms with Gasteiger partial charge in [-0.25, -0.2) is 4.39 Å². The van der Waals surface area contributed by atoms with E-state index in [1.165, 1.54) is 12.1 Å². The zero-order valence-corrected chi connectivity index (χ0v) is 8.53. The van der Waals surface area contributed by atoms with Crippen molar-refractivity contribution < 1.29 is 14.3 Å². The van der Waals surface area contributed by atoms with Crippen molar-refractivity contribution in [2.45, 2.75) is 19.4 Å². The number of carboxylic acid groups (broad SMARTS) is 1. The first-order valence-electron chi connectivity index (χ1n) is 4.84. The molecular formula is C11H14FNO2. The van der Waals surface area contributed by atoms with Crippen LogP contribution in [-0.4, -0.2) is 23.7 Å². The van der Waals surface area contributed by atoms with Gasteiger partial charge >= 0.3 is 5.97 Å². The highest BCUT2D eigenvalue weighted by Gasteiger charge is 2.16. The van der Waals surface area contributed by atoms with Crippen LogP contribution in [0.5, 0.6) is 0 Å². The quantitative estimate of drug-likeness (QED) is 0.774. The molecule has 0 aliphatic heterocycles. The van der Waals surface area contributed by atoms with Crippen LogP contribution in [0.3, 0.4) is 0 Å². The summed E-state index contributed by atoms with van der Waals surface area (Å²) in [5.41, 5.74) is 0.684. The third-order valence-corrected chi connectivity index (χ3v) is 2.08. The summed E-state index contributed by atoms with van der Waals surface area (Å²) in [5, 5.41) is 11.7. The Labute approximate surface area is 87.9 Å². The third-order valence-electron chi connectivity index (χ3n) is 2.08. The normalized spacial score (nSPS) is 12.4. The van der Waals surface area contributed by atoms with Crippen molar-refractivity contribution in [3.05, 3.63) is 35.6 Å². The number of benzene rings is 1. The van der Waals surface area contributed by atoms with E-state index < -0.39 is 12.0 Å². The maximum atomic E-state index is 12.8. The van der Waals surface area contributed by atoms with Crippen LogP contribution in [0.4, 0.5) is 4.39 Å². The van der Waals surface area contributed by atoms with Crippen LogP contribution in [0.2, 0.25) is 0 Å². The average Bonchev–Trinajstić information content (AvgIpc) is 2.17. The van der Waals surface area contributed by atoms with Gasteiger partial charge < -0.3 is 10.4 Å². The molecule has 3 nitrogen and oxygen atoms in total. The van der Waals surface area contributed by atoms with Crippen molar-refractivity contribution in [2.24, 2.45) is 0 Å². The number of likely N-dealkylation sites (N-methyl/N-ethyl adjacent to an activating group) is 1. The van der Waals surface area contributed by atoms with Gasteiger partial charge in [-0.3, -0.25) is 4.79 Å². The van der Waals surface area contributed by atoms with E-state index in [4.69, 9.17) is 5.11 Å². The Morgan fingerprint density at radius 2 is 2.33 bits per heavy atom. The fraction of sp³-hybridized carbons (Fsp3) is 0.364. The van der Waals surface area contributed by atoms with E-state index in [2.05, 4.69) is 5.32 Å². The lowest BCUT2D eigenvalue weighted by Gasteiger charge is -2.12. The van der Waals surface area contributed by atoms with E-state index >= 15 is 0 Å². The Morgan fingerprint density at radius 1 is 1.60 bits per heavy atom. The van der Waals surface area contributed by atoms with E-state index in [0.29, 0.717) is 18.5 Å². The second-order valence-electron chi connectivity index (χ2n) is 3.28. The van der Waals surface area contributed by atoms with Gasteiger partial charge in [0.1, 0.15) is 11.9 Å². The highest BCUT2D eigenvalue weighted by atomic mass is 19.1. The second-order valence-corrected chi connectivity index (χ2v) is 3.28. The Kier molecular flexibility index (Phi) is 4.24. The second kappa shape index (κ2) is 5.46. The largest absolute Gasteiger partial charge is 0.480 e. The molecule has 0 saturated carbocycles. The maximum absolute atomic E-state index is 12.8. The number of hydrogen-bond acceptors (Lipinski definition) is 2. The van der Waals surface area contributed by atoms with Crippen LogP contribution >= 0.6 is 0 Å². The molecular weight excluding hydrogens is 197 g/mol. The molecule has 0 aromatic heterocycles. The summed E-state index contributed by atoms with van der Waals surface area (Å²) in [6, 6.07) is 5.34. The molecule has 2 N–H and O–H groups in total. The van der Waals surface area contributed by atoms with Crippen molar-refractivity contribution in [3.8, 4) is 0 Å². The topological polar surface area (TPSA) is 49.3 Å². The Bertz CT molecular complexity index is 341. The number of nitrogens with one attached hydrogen (secondary N) is 1. The number of aliphatic carboxylic acids is 1. The summed E-state index contributed by atoms with van der Waals surface area (Å²) in [6.07, 6.45) is 0.293. The van der Waals surface area contributed by atoms with Crippen LogP contribution in [0.1, 0.15) is 12.5 Å². The van der Waals surface area contributed by atoms with Gasteiger partial charge in [0.05, 0.1) is 0 Å². The Hall–Kier alpha value is -1.42. The minimum atomic E-state index is -0.916. The fourth-order valence-corrected chi connectivity index (χ4v) is 1.39. The molecule has 0 aliphatic carbocycles. The van der Waals surface area contributed by atoms with Crippen LogP contribution < -0.4 is 5.32 Å². The molecule has 0 spiro atoms. The molecule has 1 aromatic carbocycles. The van der Waals surface area contributed by atoms with Gasteiger partial charge in [-0.05, 0) is 30.7 Å². The molecule has 1 rings (SSSR count). The highest BCUT2D eigenvalue weighted by molar-refractivity contribution is 5.73. The summed E-state index contributed by atoms with van der Waals surface area (Å²) >= 11 is 0. The first-order chi connectivity index (χ1) is 7.13. The van der Waals surface area contributed by atoms with Crippen LogP contribution in [-0.2, 0) is 11.2 Å². The predicted molar refractivity (Wildman–Crippen MR) is 55.2 cm³/mol. The number of hydrogen-bond donors (Lipinski definition) is 2. The summed E-state index contributed by atoms with van der Waals surface area (Å²) < 4.78 is 12.8. The molecule has 1 atom stereocenters. The van der Waals surface area contributed by atoms with Crippen LogP contribution in [0.15, 0.2) is 24.3 Å². The number of halogens is 1. The Morgan fingerprint density at radius 3 is 2.87 bits per heavy atom. The van der Waals surface area contributed by atoms with E-state index in [-0.39, 0.29) is 5.82 Å². The summed E-state index contributed by atoms with van der Waals surface area (Å²) in [5.74, 6) is -1.26. The van der Waals surface area contributed by atoms with E-state index in [0.717, 1.165) is 0 Å². The average molecular weight is 211 g/mol. The molecule has 4 heteroatoms. The summed E-state index contributed by atoms with van der Waals surface area (Å²) in [4.78, 5) is 10.8. The third kappa shape index (κ3) is 3.67. The number of carbonyl (C=O) groups is 1. The van der Waals surface area contributed by atoms with Gasteiger partial charge in [0.25, 0.3) is 0 Å². The molecule has 0 heterocycles. The van der Waals surface area contributed by atoms with Gasteiger partial charge in [0.15, 0.2) is 0 Å². The van der Waals surface area contributed by atoms with Gasteiger partial charge in [-0.2, -0.15) is 0 Å². The molecule has 15 heavy (non-hydrogen) atoms. The highest BCUT2D eigenvalue weighted by Crippen LogP contribution is 2.06. The van der Waals surface area contributed by atoms with Gasteiger partial charge in [0.2, 0.25) is 0 Å². The lowest BCUT2D eigenvalue weighted by atomic mass is 10.1. The van der Waals surface area contributed by atoms with Crippen LogP contribution in [0, 0.1) is 5.82 Å². The van der Waals surface area contributed by atoms with Crippen molar-refractivity contribution >= 4 is 5.97 Å².